The smallest absolute Gasteiger partial charge is 0.0951 e. The number of aliphatic hydroxyl groups is 1. The minimum absolute atomic E-state index is 0.308. The van der Waals surface area contributed by atoms with E-state index in [2.05, 4.69) is 4.98 Å². The summed E-state index contributed by atoms with van der Waals surface area (Å²) in [7, 11) is 1.68. The maximum Gasteiger partial charge on any atom is 0.0951 e. The van der Waals surface area contributed by atoms with Crippen LogP contribution in [-0.4, -0.2) is 29.9 Å². The molecule has 3 nitrogen and oxygen atoms in total. The largest absolute Gasteiger partial charge is 0.393 e. The van der Waals surface area contributed by atoms with Gasteiger partial charge in [-0.25, -0.2) is 4.98 Å². The zero-order chi connectivity index (χ0) is 9.68. The minimum Gasteiger partial charge on any atom is -0.393 e. The molecule has 1 atom stereocenters. The van der Waals surface area contributed by atoms with Gasteiger partial charge < -0.3 is 9.84 Å². The molecule has 74 valence electrons. The van der Waals surface area contributed by atoms with Crippen LogP contribution >= 0.6 is 11.3 Å². The molecule has 1 aromatic heterocycles. The van der Waals surface area contributed by atoms with Crippen LogP contribution in [0.2, 0.25) is 0 Å². The molecular weight excluding hydrogens is 186 g/mol. The lowest BCUT2D eigenvalue weighted by Crippen LogP contribution is -2.04. The standard InChI is InChI=1S/C9H15NO2S/c1-7(11)5-8-6-13-9(10-8)3-4-12-2/h6-7,11H,3-5H2,1-2H3. The van der Waals surface area contributed by atoms with Crippen LogP contribution in [0.1, 0.15) is 17.6 Å². The van der Waals surface area contributed by atoms with Gasteiger partial charge in [-0.3, -0.25) is 0 Å². The van der Waals surface area contributed by atoms with Crippen LogP contribution in [0.15, 0.2) is 5.38 Å². The first-order valence-corrected chi connectivity index (χ1v) is 5.20. The lowest BCUT2D eigenvalue weighted by molar-refractivity contribution is 0.194. The third-order valence-corrected chi connectivity index (χ3v) is 2.58. The van der Waals surface area contributed by atoms with E-state index in [9.17, 15) is 0 Å². The van der Waals surface area contributed by atoms with Gasteiger partial charge in [0.25, 0.3) is 0 Å². The van der Waals surface area contributed by atoms with Gasteiger partial charge in [0, 0.05) is 25.3 Å². The molecule has 1 unspecified atom stereocenters. The average Bonchev–Trinajstić information content (AvgIpc) is 2.48. The number of thiazole rings is 1. The Morgan fingerprint density at radius 3 is 3.08 bits per heavy atom. The first-order valence-electron chi connectivity index (χ1n) is 4.32. The quantitative estimate of drug-likeness (QED) is 0.779. The Hall–Kier alpha value is -0.450. The van der Waals surface area contributed by atoms with Crippen LogP contribution in [0.5, 0.6) is 0 Å². The van der Waals surface area contributed by atoms with E-state index < -0.39 is 0 Å². The number of methoxy groups -OCH3 is 1. The van der Waals surface area contributed by atoms with Crippen molar-refractivity contribution in [3.63, 3.8) is 0 Å². The van der Waals surface area contributed by atoms with Gasteiger partial charge in [-0.2, -0.15) is 0 Å². The van der Waals surface area contributed by atoms with Gasteiger partial charge >= 0.3 is 0 Å². The normalized spacial score (nSPS) is 13.2. The van der Waals surface area contributed by atoms with Gasteiger partial charge in [-0.05, 0) is 6.92 Å². The van der Waals surface area contributed by atoms with E-state index in [4.69, 9.17) is 9.84 Å². The van der Waals surface area contributed by atoms with E-state index in [1.807, 2.05) is 5.38 Å². The predicted octanol–water partition coefficient (Wildman–Crippen LogP) is 1.26. The van der Waals surface area contributed by atoms with E-state index in [0.717, 1.165) is 17.1 Å². The van der Waals surface area contributed by atoms with Gasteiger partial charge in [0.15, 0.2) is 0 Å². The summed E-state index contributed by atoms with van der Waals surface area (Å²) in [5, 5.41) is 12.2. The molecule has 1 rings (SSSR count). The van der Waals surface area contributed by atoms with Gasteiger partial charge in [-0.15, -0.1) is 11.3 Å². The fourth-order valence-corrected chi connectivity index (χ4v) is 1.84. The molecule has 1 heterocycles. The summed E-state index contributed by atoms with van der Waals surface area (Å²) in [6.07, 6.45) is 1.20. The molecule has 0 aromatic carbocycles. The summed E-state index contributed by atoms with van der Waals surface area (Å²) in [6.45, 7) is 2.48. The van der Waals surface area contributed by atoms with Crippen molar-refractivity contribution in [3.05, 3.63) is 16.1 Å². The molecule has 0 bridgehead atoms. The van der Waals surface area contributed by atoms with Crippen molar-refractivity contribution in [1.82, 2.24) is 4.98 Å². The summed E-state index contributed by atoms with van der Waals surface area (Å²) >= 11 is 1.63. The number of rotatable bonds is 5. The third kappa shape index (κ3) is 3.85. The van der Waals surface area contributed by atoms with Gasteiger partial charge in [-0.1, -0.05) is 0 Å². The van der Waals surface area contributed by atoms with E-state index in [1.54, 1.807) is 25.4 Å². The molecule has 0 aliphatic heterocycles. The molecule has 0 amide bonds. The number of hydrogen-bond donors (Lipinski definition) is 1. The number of hydrogen-bond acceptors (Lipinski definition) is 4. The van der Waals surface area contributed by atoms with Crippen molar-refractivity contribution in [2.24, 2.45) is 0 Å². The SMILES string of the molecule is COCCc1nc(CC(C)O)cs1. The lowest BCUT2D eigenvalue weighted by atomic mass is 10.2. The fraction of sp³-hybridized carbons (Fsp3) is 0.667. The second-order valence-corrected chi connectivity index (χ2v) is 3.97. The predicted molar refractivity (Wildman–Crippen MR) is 53.1 cm³/mol. The van der Waals surface area contributed by atoms with Crippen molar-refractivity contribution in [2.75, 3.05) is 13.7 Å². The fourth-order valence-electron chi connectivity index (χ4n) is 1.05. The molecular formula is C9H15NO2S. The van der Waals surface area contributed by atoms with Crippen LogP contribution in [-0.2, 0) is 17.6 Å². The van der Waals surface area contributed by atoms with Crippen LogP contribution in [0, 0.1) is 0 Å². The van der Waals surface area contributed by atoms with Gasteiger partial charge in [0.1, 0.15) is 0 Å². The van der Waals surface area contributed by atoms with Crippen molar-refractivity contribution >= 4 is 11.3 Å². The average molecular weight is 201 g/mol. The Kier molecular flexibility index (Phi) is 4.35. The Balaban J connectivity index is 2.44. The zero-order valence-electron chi connectivity index (χ0n) is 7.99. The molecule has 0 spiro atoms. The number of nitrogens with zero attached hydrogens (tertiary/aromatic N) is 1. The molecule has 0 saturated heterocycles. The molecule has 4 heteroatoms. The molecule has 1 aromatic rings. The summed E-state index contributed by atoms with van der Waals surface area (Å²) < 4.78 is 4.95. The summed E-state index contributed by atoms with van der Waals surface area (Å²) in [6, 6.07) is 0. The van der Waals surface area contributed by atoms with E-state index in [-0.39, 0.29) is 6.10 Å². The summed E-state index contributed by atoms with van der Waals surface area (Å²) in [4.78, 5) is 4.37. The third-order valence-electron chi connectivity index (χ3n) is 1.62. The van der Waals surface area contributed by atoms with Crippen molar-refractivity contribution in [1.29, 1.82) is 0 Å². The summed E-state index contributed by atoms with van der Waals surface area (Å²) in [5.41, 5.74) is 0.978. The van der Waals surface area contributed by atoms with E-state index >= 15 is 0 Å². The molecule has 0 aliphatic rings. The minimum atomic E-state index is -0.308. The van der Waals surface area contributed by atoms with Crippen molar-refractivity contribution in [3.8, 4) is 0 Å². The molecule has 0 saturated carbocycles. The van der Waals surface area contributed by atoms with Crippen LogP contribution in [0.3, 0.4) is 0 Å². The highest BCUT2D eigenvalue weighted by molar-refractivity contribution is 7.09. The summed E-state index contributed by atoms with van der Waals surface area (Å²) in [5.74, 6) is 0. The second-order valence-electron chi connectivity index (χ2n) is 3.03. The highest BCUT2D eigenvalue weighted by atomic mass is 32.1. The highest BCUT2D eigenvalue weighted by Crippen LogP contribution is 2.11. The number of ether oxygens (including phenoxy) is 1. The first kappa shape index (κ1) is 10.6. The number of aliphatic hydroxyl groups excluding tert-OH is 1. The maximum atomic E-state index is 9.13. The van der Waals surface area contributed by atoms with Gasteiger partial charge in [0.2, 0.25) is 0 Å². The van der Waals surface area contributed by atoms with Crippen molar-refractivity contribution < 1.29 is 9.84 Å². The first-order chi connectivity index (χ1) is 6.22. The topological polar surface area (TPSA) is 42.4 Å². The maximum absolute atomic E-state index is 9.13. The molecule has 1 N–H and O–H groups in total. The van der Waals surface area contributed by atoms with Gasteiger partial charge in [0.05, 0.1) is 23.4 Å². The molecule has 0 aliphatic carbocycles. The van der Waals surface area contributed by atoms with E-state index in [0.29, 0.717) is 13.0 Å². The Morgan fingerprint density at radius 1 is 1.69 bits per heavy atom. The Labute approximate surface area is 82.4 Å². The van der Waals surface area contributed by atoms with E-state index in [1.165, 1.54) is 0 Å². The molecule has 13 heavy (non-hydrogen) atoms. The zero-order valence-corrected chi connectivity index (χ0v) is 8.80. The monoisotopic (exact) mass is 201 g/mol. The van der Waals surface area contributed by atoms with Crippen LogP contribution in [0.4, 0.5) is 0 Å². The molecule has 0 radical (unpaired) electrons. The molecule has 0 fully saturated rings. The number of aromatic nitrogens is 1. The van der Waals surface area contributed by atoms with Crippen LogP contribution in [0.25, 0.3) is 0 Å². The van der Waals surface area contributed by atoms with Crippen LogP contribution < -0.4 is 0 Å². The second kappa shape index (κ2) is 5.32. The Bertz CT molecular complexity index is 248. The van der Waals surface area contributed by atoms with Crippen molar-refractivity contribution in [2.45, 2.75) is 25.9 Å². The highest BCUT2D eigenvalue weighted by Gasteiger charge is 2.04. The lowest BCUT2D eigenvalue weighted by Gasteiger charge is -1.98. The Morgan fingerprint density at radius 2 is 2.46 bits per heavy atom.